The Morgan fingerprint density at radius 2 is 2.07 bits per heavy atom. The minimum Gasteiger partial charge on any atom is -0.497 e. The highest BCUT2D eigenvalue weighted by molar-refractivity contribution is 5.65. The third kappa shape index (κ3) is 3.07. The quantitative estimate of drug-likeness (QED) is 0.740. The molecule has 3 heterocycles. The maximum absolute atomic E-state index is 14.2. The van der Waals surface area contributed by atoms with E-state index in [4.69, 9.17) is 9.26 Å². The lowest BCUT2D eigenvalue weighted by Gasteiger charge is -2.17. The Morgan fingerprint density at radius 1 is 1.22 bits per heavy atom. The lowest BCUT2D eigenvalue weighted by Crippen LogP contribution is -2.24. The number of nitrogens with one attached hydrogen (secondary N) is 1. The van der Waals surface area contributed by atoms with Gasteiger partial charge >= 0.3 is 0 Å². The number of hydrogen-bond acceptors (Lipinski definition) is 7. The second-order valence-corrected chi connectivity index (χ2v) is 6.95. The van der Waals surface area contributed by atoms with Crippen molar-refractivity contribution in [1.82, 2.24) is 15.1 Å². The highest BCUT2D eigenvalue weighted by Crippen LogP contribution is 2.45. The first-order valence-electron chi connectivity index (χ1n) is 8.85. The molecule has 0 amide bonds. The Morgan fingerprint density at radius 3 is 2.85 bits per heavy atom. The molecule has 2 atom stereocenters. The summed E-state index contributed by atoms with van der Waals surface area (Å²) in [7, 11) is 1.49. The van der Waals surface area contributed by atoms with Gasteiger partial charge in [0.25, 0.3) is 0 Å². The zero-order valence-corrected chi connectivity index (χ0v) is 14.7. The Hall–Kier alpha value is -3.16. The number of rotatable bonds is 5. The second kappa shape index (κ2) is 6.22. The average molecular weight is 367 g/mol. The number of nitrogens with zero attached hydrogens (tertiary/aromatic N) is 4. The summed E-state index contributed by atoms with van der Waals surface area (Å²) in [6, 6.07) is 8.00. The fourth-order valence-corrected chi connectivity index (χ4v) is 3.55. The number of fused-ring (bicyclic) bond motifs is 1. The first-order chi connectivity index (χ1) is 13.2. The largest absolute Gasteiger partial charge is 0.497 e. The molecule has 1 saturated carbocycles. The van der Waals surface area contributed by atoms with Gasteiger partial charge in [-0.3, -0.25) is 0 Å². The number of halogens is 1. The van der Waals surface area contributed by atoms with Gasteiger partial charge in [0.2, 0.25) is 11.8 Å². The molecule has 1 saturated heterocycles. The van der Waals surface area contributed by atoms with Crippen LogP contribution in [0, 0.1) is 17.7 Å². The molecule has 2 unspecified atom stereocenters. The van der Waals surface area contributed by atoms with Crippen molar-refractivity contribution in [2.75, 3.05) is 30.4 Å². The molecule has 3 aromatic rings. The van der Waals surface area contributed by atoms with E-state index in [0.29, 0.717) is 34.7 Å². The molecule has 1 aliphatic heterocycles. The highest BCUT2D eigenvalue weighted by atomic mass is 19.1. The summed E-state index contributed by atoms with van der Waals surface area (Å²) < 4.78 is 24.5. The maximum Gasteiger partial charge on any atom is 0.230 e. The van der Waals surface area contributed by atoms with Gasteiger partial charge in [-0.15, -0.1) is 0 Å². The molecule has 138 valence electrons. The van der Waals surface area contributed by atoms with Crippen LogP contribution in [-0.4, -0.2) is 35.3 Å². The second-order valence-electron chi connectivity index (χ2n) is 6.95. The maximum atomic E-state index is 14.2. The van der Waals surface area contributed by atoms with Gasteiger partial charge in [0.1, 0.15) is 23.1 Å². The van der Waals surface area contributed by atoms with Crippen LogP contribution in [0.4, 0.5) is 22.0 Å². The number of ether oxygens (including phenoxy) is 1. The first kappa shape index (κ1) is 16.0. The van der Waals surface area contributed by atoms with E-state index in [0.717, 1.165) is 24.9 Å². The molecule has 2 aliphatic rings. The summed E-state index contributed by atoms with van der Waals surface area (Å²) in [5.74, 6) is 3.35. The van der Waals surface area contributed by atoms with Crippen LogP contribution in [0.1, 0.15) is 6.42 Å². The van der Waals surface area contributed by atoms with Crippen LogP contribution in [0.5, 0.6) is 5.75 Å². The standard InChI is InChI=1S/C19H18FN5O2/c1-26-13-2-3-14(15(20)7-13)16-8-18(27-24-16)22-17-4-5-21-19(23-17)25-9-11-6-12(11)10-25/h2-5,7-8,11-12H,6,9-10H2,1H3,(H,21,22,23). The van der Waals surface area contributed by atoms with Gasteiger partial charge in [0.15, 0.2) is 0 Å². The van der Waals surface area contributed by atoms with Crippen molar-refractivity contribution in [3.8, 4) is 17.0 Å². The summed E-state index contributed by atoms with van der Waals surface area (Å²) in [4.78, 5) is 11.1. The fourth-order valence-electron chi connectivity index (χ4n) is 3.55. The molecular weight excluding hydrogens is 349 g/mol. The van der Waals surface area contributed by atoms with Crippen molar-refractivity contribution in [1.29, 1.82) is 0 Å². The highest BCUT2D eigenvalue weighted by Gasteiger charge is 2.45. The van der Waals surface area contributed by atoms with Crippen LogP contribution in [0.15, 0.2) is 41.1 Å². The molecule has 1 aliphatic carbocycles. The van der Waals surface area contributed by atoms with Gasteiger partial charge in [-0.25, -0.2) is 9.37 Å². The topological polar surface area (TPSA) is 76.3 Å². The van der Waals surface area contributed by atoms with Crippen molar-refractivity contribution in [2.45, 2.75) is 6.42 Å². The predicted molar refractivity (Wildman–Crippen MR) is 97.6 cm³/mol. The van der Waals surface area contributed by atoms with Crippen molar-refractivity contribution in [3.05, 3.63) is 42.3 Å². The van der Waals surface area contributed by atoms with Crippen LogP contribution >= 0.6 is 0 Å². The molecule has 2 aromatic heterocycles. The predicted octanol–water partition coefficient (Wildman–Crippen LogP) is 3.48. The Kier molecular flexibility index (Phi) is 3.70. The summed E-state index contributed by atoms with van der Waals surface area (Å²) in [5.41, 5.74) is 0.735. The molecule has 0 spiro atoms. The normalized spacial score (nSPS) is 20.4. The van der Waals surface area contributed by atoms with Crippen LogP contribution in [0.25, 0.3) is 11.3 Å². The molecule has 1 N–H and O–H groups in total. The Labute approximate surface area is 155 Å². The molecule has 7 nitrogen and oxygen atoms in total. The smallest absolute Gasteiger partial charge is 0.230 e. The molecule has 27 heavy (non-hydrogen) atoms. The van der Waals surface area contributed by atoms with Crippen molar-refractivity contribution in [2.24, 2.45) is 11.8 Å². The number of methoxy groups -OCH3 is 1. The number of benzene rings is 1. The molecule has 2 fully saturated rings. The third-order valence-electron chi connectivity index (χ3n) is 5.12. The van der Waals surface area contributed by atoms with Gasteiger partial charge in [-0.1, -0.05) is 5.16 Å². The number of piperidine rings is 1. The summed E-state index contributed by atoms with van der Waals surface area (Å²) in [6.07, 6.45) is 3.05. The van der Waals surface area contributed by atoms with Gasteiger partial charge in [-0.05, 0) is 36.5 Å². The zero-order chi connectivity index (χ0) is 18.4. The minimum absolute atomic E-state index is 0.340. The summed E-state index contributed by atoms with van der Waals surface area (Å²) in [5, 5.41) is 7.01. The summed E-state index contributed by atoms with van der Waals surface area (Å²) >= 11 is 0. The molecule has 0 bridgehead atoms. The number of aromatic nitrogens is 3. The molecular formula is C19H18FN5O2. The molecule has 1 aromatic carbocycles. The van der Waals surface area contributed by atoms with E-state index in [2.05, 4.69) is 25.3 Å². The average Bonchev–Trinajstić information content (AvgIpc) is 3.06. The van der Waals surface area contributed by atoms with E-state index in [1.807, 2.05) is 0 Å². The van der Waals surface area contributed by atoms with Gasteiger partial charge < -0.3 is 19.5 Å². The van der Waals surface area contributed by atoms with Crippen molar-refractivity contribution < 1.29 is 13.7 Å². The van der Waals surface area contributed by atoms with Gasteiger partial charge in [0, 0.05) is 37.0 Å². The lowest BCUT2D eigenvalue weighted by molar-refractivity contribution is 0.411. The number of hydrogen-bond donors (Lipinski definition) is 1. The molecule has 5 rings (SSSR count). The zero-order valence-electron chi connectivity index (χ0n) is 14.7. The lowest BCUT2D eigenvalue weighted by atomic mass is 10.1. The van der Waals surface area contributed by atoms with Crippen LogP contribution in [0.3, 0.4) is 0 Å². The first-order valence-corrected chi connectivity index (χ1v) is 8.85. The number of anilines is 3. The van der Waals surface area contributed by atoms with Gasteiger partial charge in [0.05, 0.1) is 7.11 Å². The van der Waals surface area contributed by atoms with Crippen molar-refractivity contribution >= 4 is 17.7 Å². The van der Waals surface area contributed by atoms with E-state index >= 15 is 0 Å². The van der Waals surface area contributed by atoms with E-state index in [-0.39, 0.29) is 0 Å². The fraction of sp³-hybridized carbons (Fsp3) is 0.316. The van der Waals surface area contributed by atoms with Crippen LogP contribution in [0.2, 0.25) is 0 Å². The SMILES string of the molecule is COc1ccc(-c2cc(Nc3ccnc(N4CC5CC5C4)n3)on2)c(F)c1. The van der Waals surface area contributed by atoms with Crippen molar-refractivity contribution in [3.63, 3.8) is 0 Å². The van der Waals surface area contributed by atoms with E-state index in [1.165, 1.54) is 19.6 Å². The Bertz CT molecular complexity index is 982. The third-order valence-corrected chi connectivity index (χ3v) is 5.12. The minimum atomic E-state index is -0.425. The summed E-state index contributed by atoms with van der Waals surface area (Å²) in [6.45, 7) is 2.05. The van der Waals surface area contributed by atoms with E-state index < -0.39 is 5.82 Å². The monoisotopic (exact) mass is 367 g/mol. The molecule has 8 heteroatoms. The van der Waals surface area contributed by atoms with Crippen LogP contribution < -0.4 is 15.0 Å². The van der Waals surface area contributed by atoms with E-state index in [1.54, 1.807) is 30.5 Å². The van der Waals surface area contributed by atoms with Crippen LogP contribution in [-0.2, 0) is 0 Å². The molecule has 0 radical (unpaired) electrons. The van der Waals surface area contributed by atoms with E-state index in [9.17, 15) is 4.39 Å². The van der Waals surface area contributed by atoms with Gasteiger partial charge in [-0.2, -0.15) is 4.98 Å². The Balaban J connectivity index is 1.33.